The molecule has 0 nitrogen and oxygen atoms in total. The second-order valence-electron chi connectivity index (χ2n) is 2.24. The lowest BCUT2D eigenvalue weighted by Crippen LogP contribution is -1.96. The third-order valence-electron chi connectivity index (χ3n) is 1.46. The minimum Gasteiger partial charge on any atom is -0.171 e. The molecule has 0 aliphatic heterocycles. The highest BCUT2D eigenvalue weighted by Gasteiger charge is 2.02. The Labute approximate surface area is 68.7 Å². The lowest BCUT2D eigenvalue weighted by molar-refractivity contribution is 1.08. The standard InChI is InChI=1S/C8H9ClSi/c1-7(10-9)8-5-3-2-4-6-8/h2-7H,1H3. The SMILES string of the molecule is CC([Si]Cl)c1ccccc1. The fourth-order valence-corrected chi connectivity index (χ4v) is 1.50. The maximum Gasteiger partial charge on any atom is 0.179 e. The van der Waals surface area contributed by atoms with E-state index in [1.54, 1.807) is 0 Å². The number of hydrogen-bond donors (Lipinski definition) is 0. The van der Waals surface area contributed by atoms with Crippen molar-refractivity contribution in [2.75, 3.05) is 0 Å². The fraction of sp³-hybridized carbons (Fsp3) is 0.250. The van der Waals surface area contributed by atoms with Crippen LogP contribution in [0.1, 0.15) is 18.0 Å². The van der Waals surface area contributed by atoms with Gasteiger partial charge >= 0.3 is 0 Å². The third kappa shape index (κ3) is 1.86. The van der Waals surface area contributed by atoms with Crippen molar-refractivity contribution in [3.8, 4) is 0 Å². The Bertz CT molecular complexity index is 186. The summed E-state index contributed by atoms with van der Waals surface area (Å²) in [7, 11) is 0.481. The van der Waals surface area contributed by atoms with Gasteiger partial charge < -0.3 is 0 Å². The van der Waals surface area contributed by atoms with Gasteiger partial charge in [-0.2, -0.15) is 11.1 Å². The molecule has 0 saturated carbocycles. The Hall–Kier alpha value is -0.273. The van der Waals surface area contributed by atoms with E-state index in [4.69, 9.17) is 11.1 Å². The average Bonchev–Trinajstić information content (AvgIpc) is 2.05. The number of halogens is 1. The molecule has 0 fully saturated rings. The van der Waals surface area contributed by atoms with E-state index < -0.39 is 0 Å². The molecule has 0 amide bonds. The maximum atomic E-state index is 5.71. The Balaban J connectivity index is 2.75. The molecule has 1 aromatic rings. The molecule has 0 bridgehead atoms. The zero-order valence-corrected chi connectivity index (χ0v) is 7.60. The highest BCUT2D eigenvalue weighted by Crippen LogP contribution is 2.13. The molecule has 0 heterocycles. The van der Waals surface area contributed by atoms with Crippen LogP contribution in [0.5, 0.6) is 0 Å². The quantitative estimate of drug-likeness (QED) is 0.471. The molecule has 1 aromatic carbocycles. The Morgan fingerprint density at radius 1 is 1.30 bits per heavy atom. The van der Waals surface area contributed by atoms with Crippen molar-refractivity contribution in [1.29, 1.82) is 0 Å². The van der Waals surface area contributed by atoms with Crippen LogP contribution in [0.15, 0.2) is 30.3 Å². The molecule has 2 heteroatoms. The Morgan fingerprint density at radius 3 is 2.40 bits per heavy atom. The summed E-state index contributed by atoms with van der Waals surface area (Å²) in [6.45, 7) is 2.14. The van der Waals surface area contributed by atoms with E-state index in [0.29, 0.717) is 14.4 Å². The van der Waals surface area contributed by atoms with Crippen molar-refractivity contribution in [2.24, 2.45) is 0 Å². The van der Waals surface area contributed by atoms with E-state index in [0.717, 1.165) is 0 Å². The second-order valence-corrected chi connectivity index (χ2v) is 3.98. The lowest BCUT2D eigenvalue weighted by Gasteiger charge is -2.04. The monoisotopic (exact) mass is 168 g/mol. The highest BCUT2D eigenvalue weighted by atomic mass is 35.6. The topological polar surface area (TPSA) is 0 Å². The first-order valence-corrected chi connectivity index (χ1v) is 5.34. The average molecular weight is 169 g/mol. The highest BCUT2D eigenvalue weighted by molar-refractivity contribution is 6.94. The van der Waals surface area contributed by atoms with Gasteiger partial charge in [0.15, 0.2) is 8.83 Å². The minimum absolute atomic E-state index is 0.481. The molecular formula is C8H9ClSi. The molecule has 1 unspecified atom stereocenters. The normalized spacial score (nSPS) is 13.0. The van der Waals surface area contributed by atoms with Gasteiger partial charge in [-0.3, -0.25) is 0 Å². The van der Waals surface area contributed by atoms with Crippen LogP contribution in [0.4, 0.5) is 0 Å². The molecule has 0 N–H and O–H groups in total. The zero-order valence-electron chi connectivity index (χ0n) is 5.84. The molecule has 10 heavy (non-hydrogen) atoms. The van der Waals surface area contributed by atoms with Gasteiger partial charge in [-0.25, -0.2) is 0 Å². The van der Waals surface area contributed by atoms with Crippen molar-refractivity contribution >= 4 is 19.9 Å². The number of rotatable bonds is 2. The van der Waals surface area contributed by atoms with E-state index in [2.05, 4.69) is 19.1 Å². The summed E-state index contributed by atoms with van der Waals surface area (Å²) in [6, 6.07) is 10.3. The first-order valence-electron chi connectivity index (χ1n) is 3.25. The molecule has 1 atom stereocenters. The molecule has 0 aromatic heterocycles. The molecule has 0 saturated heterocycles. The van der Waals surface area contributed by atoms with Gasteiger partial charge in [0, 0.05) is 0 Å². The first kappa shape index (κ1) is 7.83. The first-order chi connectivity index (χ1) is 4.84. The van der Waals surface area contributed by atoms with E-state index >= 15 is 0 Å². The van der Waals surface area contributed by atoms with Crippen LogP contribution in [0.25, 0.3) is 0 Å². The molecule has 0 aliphatic carbocycles. The van der Waals surface area contributed by atoms with Gasteiger partial charge in [-0.1, -0.05) is 37.3 Å². The predicted molar refractivity (Wildman–Crippen MR) is 46.5 cm³/mol. The molecular weight excluding hydrogens is 160 g/mol. The van der Waals surface area contributed by atoms with Gasteiger partial charge in [0.25, 0.3) is 0 Å². The van der Waals surface area contributed by atoms with Crippen LogP contribution >= 0.6 is 11.1 Å². The van der Waals surface area contributed by atoms with Crippen LogP contribution in [-0.2, 0) is 0 Å². The molecule has 52 valence electrons. The number of hydrogen-bond acceptors (Lipinski definition) is 0. The fourth-order valence-electron chi connectivity index (χ4n) is 0.805. The third-order valence-corrected chi connectivity index (χ3v) is 3.11. The van der Waals surface area contributed by atoms with Crippen LogP contribution < -0.4 is 0 Å². The van der Waals surface area contributed by atoms with Gasteiger partial charge in [-0.15, -0.1) is 0 Å². The van der Waals surface area contributed by atoms with Crippen molar-refractivity contribution in [3.63, 3.8) is 0 Å². The van der Waals surface area contributed by atoms with Crippen molar-refractivity contribution in [2.45, 2.75) is 12.5 Å². The van der Waals surface area contributed by atoms with Crippen LogP contribution in [0, 0.1) is 0 Å². The van der Waals surface area contributed by atoms with Crippen molar-refractivity contribution < 1.29 is 0 Å². The maximum absolute atomic E-state index is 5.71. The summed E-state index contributed by atoms with van der Waals surface area (Å²) >= 11 is 5.71. The summed E-state index contributed by atoms with van der Waals surface area (Å²) in [4.78, 5) is 0. The van der Waals surface area contributed by atoms with E-state index in [1.165, 1.54) is 5.56 Å². The van der Waals surface area contributed by atoms with Crippen molar-refractivity contribution in [1.82, 2.24) is 0 Å². The summed E-state index contributed by atoms with van der Waals surface area (Å²) in [5, 5.41) is 0. The van der Waals surface area contributed by atoms with Gasteiger partial charge in [0.05, 0.1) is 0 Å². The van der Waals surface area contributed by atoms with E-state index in [9.17, 15) is 0 Å². The largest absolute Gasteiger partial charge is 0.179 e. The predicted octanol–water partition coefficient (Wildman–Crippen LogP) is 2.61. The van der Waals surface area contributed by atoms with Crippen LogP contribution in [-0.4, -0.2) is 8.83 Å². The summed E-state index contributed by atoms with van der Waals surface area (Å²) in [5.41, 5.74) is 1.83. The van der Waals surface area contributed by atoms with Gasteiger partial charge in [0.2, 0.25) is 0 Å². The van der Waals surface area contributed by atoms with Gasteiger partial charge in [0.1, 0.15) is 0 Å². The second kappa shape index (κ2) is 3.79. The molecule has 1 rings (SSSR count). The Kier molecular flexibility index (Phi) is 2.97. The minimum atomic E-state index is 0.481. The Morgan fingerprint density at radius 2 is 1.90 bits per heavy atom. The summed E-state index contributed by atoms with van der Waals surface area (Å²) in [5.74, 6) is 0. The van der Waals surface area contributed by atoms with Crippen molar-refractivity contribution in [3.05, 3.63) is 35.9 Å². The zero-order chi connectivity index (χ0) is 7.40. The summed E-state index contributed by atoms with van der Waals surface area (Å²) < 4.78 is 0. The molecule has 2 radical (unpaired) electrons. The van der Waals surface area contributed by atoms with Gasteiger partial charge in [-0.05, 0) is 11.1 Å². The summed E-state index contributed by atoms with van der Waals surface area (Å²) in [6.07, 6.45) is 0. The van der Waals surface area contributed by atoms with E-state index in [1.807, 2.05) is 18.2 Å². The molecule has 0 spiro atoms. The van der Waals surface area contributed by atoms with Crippen LogP contribution in [0.2, 0.25) is 0 Å². The lowest BCUT2D eigenvalue weighted by atomic mass is 10.2. The number of benzene rings is 1. The van der Waals surface area contributed by atoms with E-state index in [-0.39, 0.29) is 0 Å². The molecule has 0 aliphatic rings. The van der Waals surface area contributed by atoms with Crippen LogP contribution in [0.3, 0.4) is 0 Å². The smallest absolute Gasteiger partial charge is 0.171 e.